The fraction of sp³-hybridized carbons (Fsp3) is 0.600. The molecule has 2 N–H and O–H groups in total. The van der Waals surface area contributed by atoms with Gasteiger partial charge in [0.2, 0.25) is 5.95 Å². The Balaban J connectivity index is 2.65. The van der Waals surface area contributed by atoms with E-state index in [0.717, 1.165) is 11.6 Å². The molecular weight excluding hydrogens is 208 g/mol. The maximum atomic E-state index is 10.6. The lowest BCUT2D eigenvalue weighted by Gasteiger charge is -2.13. The number of aromatic nitrogens is 2. The van der Waals surface area contributed by atoms with E-state index >= 15 is 0 Å². The van der Waals surface area contributed by atoms with E-state index < -0.39 is 12.0 Å². The second-order valence-corrected chi connectivity index (χ2v) is 3.94. The Morgan fingerprint density at radius 2 is 2.31 bits per heavy atom. The average molecular weight is 226 g/mol. The summed E-state index contributed by atoms with van der Waals surface area (Å²) in [6.07, 6.45) is 1.75. The predicted molar refractivity (Wildman–Crippen MR) is 61.5 cm³/mol. The number of imidazole rings is 1. The van der Waals surface area contributed by atoms with Gasteiger partial charge in [0.15, 0.2) is 0 Å². The quantitative estimate of drug-likeness (QED) is 0.742. The van der Waals surface area contributed by atoms with Crippen molar-refractivity contribution in [3.05, 3.63) is 11.9 Å². The summed E-state index contributed by atoms with van der Waals surface area (Å²) in [7, 11) is 5.74. The van der Waals surface area contributed by atoms with Crippen molar-refractivity contribution in [3.8, 4) is 0 Å². The maximum Gasteiger partial charge on any atom is 0.320 e. The van der Waals surface area contributed by atoms with Crippen LogP contribution in [-0.2, 0) is 18.4 Å². The Bertz CT molecular complexity index is 373. The molecule has 16 heavy (non-hydrogen) atoms. The number of hydrogen-bond acceptors (Lipinski definition) is 4. The molecule has 0 saturated heterocycles. The molecule has 1 aromatic heterocycles. The molecule has 0 aliphatic rings. The first-order valence-electron chi connectivity index (χ1n) is 5.07. The van der Waals surface area contributed by atoms with Crippen LogP contribution in [0.15, 0.2) is 6.20 Å². The molecule has 90 valence electrons. The lowest BCUT2D eigenvalue weighted by atomic mass is 10.3. The minimum absolute atomic E-state index is 0.491. The zero-order valence-electron chi connectivity index (χ0n) is 10.1. The zero-order valence-corrected chi connectivity index (χ0v) is 10.1. The number of rotatable bonds is 5. The first-order valence-corrected chi connectivity index (χ1v) is 5.07. The van der Waals surface area contributed by atoms with E-state index in [1.54, 1.807) is 13.1 Å². The highest BCUT2D eigenvalue weighted by Gasteiger charge is 2.12. The summed E-state index contributed by atoms with van der Waals surface area (Å²) in [4.78, 5) is 16.8. The number of carboxylic acid groups (broad SMARTS) is 1. The molecule has 0 fully saturated rings. The van der Waals surface area contributed by atoms with Crippen molar-refractivity contribution in [2.24, 2.45) is 7.05 Å². The van der Waals surface area contributed by atoms with E-state index in [-0.39, 0.29) is 0 Å². The number of carbonyl (C=O) groups is 1. The molecule has 0 saturated carbocycles. The van der Waals surface area contributed by atoms with E-state index in [9.17, 15) is 4.79 Å². The molecule has 1 atom stereocenters. The van der Waals surface area contributed by atoms with Gasteiger partial charge in [-0.1, -0.05) is 0 Å². The van der Waals surface area contributed by atoms with Gasteiger partial charge < -0.3 is 14.6 Å². The third-order valence-electron chi connectivity index (χ3n) is 2.42. The molecule has 1 heterocycles. The van der Waals surface area contributed by atoms with Crippen LogP contribution < -0.4 is 10.2 Å². The van der Waals surface area contributed by atoms with Crippen LogP contribution in [0.5, 0.6) is 0 Å². The van der Waals surface area contributed by atoms with Gasteiger partial charge in [0.1, 0.15) is 6.04 Å². The van der Waals surface area contributed by atoms with Crippen LogP contribution in [0.1, 0.15) is 12.6 Å². The minimum atomic E-state index is -0.852. The van der Waals surface area contributed by atoms with Crippen LogP contribution >= 0.6 is 0 Å². The summed E-state index contributed by atoms with van der Waals surface area (Å²) >= 11 is 0. The van der Waals surface area contributed by atoms with Crippen LogP contribution in [0, 0.1) is 0 Å². The van der Waals surface area contributed by atoms with E-state index in [1.807, 2.05) is 30.6 Å². The standard InChI is InChI=1S/C10H18N4O2/c1-7(9(15)16)11-5-8-6-12-10(13(2)3)14(8)4/h6-7,11H,5H2,1-4H3,(H,15,16). The van der Waals surface area contributed by atoms with Crippen molar-refractivity contribution in [1.29, 1.82) is 0 Å². The summed E-state index contributed by atoms with van der Waals surface area (Å²) in [6.45, 7) is 2.11. The molecule has 0 bridgehead atoms. The van der Waals surface area contributed by atoms with E-state index in [0.29, 0.717) is 6.54 Å². The smallest absolute Gasteiger partial charge is 0.320 e. The number of aliphatic carboxylic acids is 1. The number of carboxylic acids is 1. The summed E-state index contributed by atoms with van der Waals surface area (Å²) in [5, 5.41) is 11.6. The molecule has 0 radical (unpaired) electrons. The highest BCUT2D eigenvalue weighted by molar-refractivity contribution is 5.72. The van der Waals surface area contributed by atoms with Gasteiger partial charge in [-0.2, -0.15) is 0 Å². The largest absolute Gasteiger partial charge is 0.480 e. The monoisotopic (exact) mass is 226 g/mol. The van der Waals surface area contributed by atoms with Crippen LogP contribution in [0.25, 0.3) is 0 Å². The summed E-state index contributed by atoms with van der Waals surface area (Å²) in [5.41, 5.74) is 0.955. The van der Waals surface area contributed by atoms with Gasteiger partial charge in [0, 0.05) is 27.7 Å². The van der Waals surface area contributed by atoms with Crippen LogP contribution in [0.4, 0.5) is 5.95 Å². The lowest BCUT2D eigenvalue weighted by Crippen LogP contribution is -2.33. The van der Waals surface area contributed by atoms with E-state index in [4.69, 9.17) is 5.11 Å². The van der Waals surface area contributed by atoms with Crippen molar-refractivity contribution in [2.75, 3.05) is 19.0 Å². The fourth-order valence-corrected chi connectivity index (χ4v) is 1.36. The van der Waals surface area contributed by atoms with E-state index in [1.165, 1.54) is 0 Å². The Morgan fingerprint density at radius 1 is 1.69 bits per heavy atom. The molecule has 1 rings (SSSR count). The first kappa shape index (κ1) is 12.5. The summed E-state index contributed by atoms with van der Waals surface area (Å²) < 4.78 is 1.93. The highest BCUT2D eigenvalue weighted by Crippen LogP contribution is 2.10. The Kier molecular flexibility index (Phi) is 3.89. The number of anilines is 1. The van der Waals surface area contributed by atoms with Gasteiger partial charge >= 0.3 is 5.97 Å². The molecule has 0 aromatic carbocycles. The molecule has 6 heteroatoms. The number of nitrogens with one attached hydrogen (secondary N) is 1. The van der Waals surface area contributed by atoms with Crippen LogP contribution in [0.2, 0.25) is 0 Å². The Labute approximate surface area is 94.9 Å². The maximum absolute atomic E-state index is 10.6. The van der Waals surface area contributed by atoms with Crippen LogP contribution in [0.3, 0.4) is 0 Å². The van der Waals surface area contributed by atoms with Crippen molar-refractivity contribution < 1.29 is 9.90 Å². The van der Waals surface area contributed by atoms with Gasteiger partial charge in [-0.25, -0.2) is 4.98 Å². The molecule has 1 aromatic rings. The summed E-state index contributed by atoms with van der Waals surface area (Å²) in [6, 6.07) is -0.558. The molecule has 6 nitrogen and oxygen atoms in total. The molecular formula is C10H18N4O2. The normalized spacial score (nSPS) is 12.5. The van der Waals surface area contributed by atoms with Gasteiger partial charge in [0.25, 0.3) is 0 Å². The van der Waals surface area contributed by atoms with Gasteiger partial charge in [-0.3, -0.25) is 10.1 Å². The number of nitrogens with zero attached hydrogens (tertiary/aromatic N) is 3. The lowest BCUT2D eigenvalue weighted by molar-refractivity contribution is -0.139. The molecule has 0 aliphatic carbocycles. The Hall–Kier alpha value is -1.56. The Morgan fingerprint density at radius 3 is 2.75 bits per heavy atom. The fourth-order valence-electron chi connectivity index (χ4n) is 1.36. The van der Waals surface area contributed by atoms with Crippen molar-refractivity contribution >= 4 is 11.9 Å². The third-order valence-corrected chi connectivity index (χ3v) is 2.42. The third kappa shape index (κ3) is 2.73. The van der Waals surface area contributed by atoms with Crippen LogP contribution in [-0.4, -0.2) is 40.8 Å². The van der Waals surface area contributed by atoms with Gasteiger partial charge in [-0.05, 0) is 6.92 Å². The van der Waals surface area contributed by atoms with Crippen molar-refractivity contribution in [2.45, 2.75) is 19.5 Å². The molecule has 0 aliphatic heterocycles. The van der Waals surface area contributed by atoms with E-state index in [2.05, 4.69) is 10.3 Å². The average Bonchev–Trinajstić information content (AvgIpc) is 2.56. The predicted octanol–water partition coefficient (Wildman–Crippen LogP) is 0.0488. The second kappa shape index (κ2) is 4.98. The zero-order chi connectivity index (χ0) is 12.3. The van der Waals surface area contributed by atoms with Crippen molar-refractivity contribution in [3.63, 3.8) is 0 Å². The molecule has 1 unspecified atom stereocenters. The second-order valence-electron chi connectivity index (χ2n) is 3.94. The topological polar surface area (TPSA) is 70.4 Å². The number of hydrogen-bond donors (Lipinski definition) is 2. The van der Waals surface area contributed by atoms with Crippen molar-refractivity contribution in [1.82, 2.24) is 14.9 Å². The summed E-state index contributed by atoms with van der Waals surface area (Å²) in [5.74, 6) is -0.00483. The highest BCUT2D eigenvalue weighted by atomic mass is 16.4. The van der Waals surface area contributed by atoms with Gasteiger partial charge in [-0.15, -0.1) is 0 Å². The first-order chi connectivity index (χ1) is 7.43. The SMILES string of the molecule is CC(NCc1cnc(N(C)C)n1C)C(=O)O. The minimum Gasteiger partial charge on any atom is -0.480 e. The molecule has 0 spiro atoms. The molecule has 0 amide bonds. The van der Waals surface area contributed by atoms with Gasteiger partial charge in [0.05, 0.1) is 11.9 Å².